The van der Waals surface area contributed by atoms with Crippen LogP contribution in [0.4, 0.5) is 26.3 Å². The Balaban J connectivity index is 1.64. The molecular weight excluding hydrogens is 402 g/mol. The largest absolute Gasteiger partial charge is 0.416 e. The summed E-state index contributed by atoms with van der Waals surface area (Å²) in [5.41, 5.74) is -0.558. The van der Waals surface area contributed by atoms with Crippen LogP contribution in [-0.4, -0.2) is 47.4 Å². The number of amides is 2. The van der Waals surface area contributed by atoms with E-state index in [1.54, 1.807) is 0 Å². The molecule has 0 aromatic heterocycles. The number of likely N-dealkylation sites (tertiary alicyclic amines) is 2. The Bertz CT molecular complexity index is 777. The van der Waals surface area contributed by atoms with E-state index in [1.165, 1.54) is 17.0 Å². The predicted octanol–water partition coefficient (Wildman–Crippen LogP) is 3.85. The third-order valence-corrected chi connectivity index (χ3v) is 5.39. The SMILES string of the molecule is O=C1C[C@@H](C(=O)N2CCC[C@H](C(F)(F)F)C2)CN1Cc1cccc(C(F)(F)F)c1. The van der Waals surface area contributed by atoms with Gasteiger partial charge in [-0.25, -0.2) is 0 Å². The number of carbonyl (C=O) groups excluding carboxylic acids is 2. The Morgan fingerprint density at radius 1 is 1.10 bits per heavy atom. The van der Waals surface area contributed by atoms with Crippen LogP contribution >= 0.6 is 0 Å². The summed E-state index contributed by atoms with van der Waals surface area (Å²) in [6.45, 7) is -0.302. The van der Waals surface area contributed by atoms with Crippen molar-refractivity contribution in [3.8, 4) is 0 Å². The molecule has 2 heterocycles. The van der Waals surface area contributed by atoms with Gasteiger partial charge in [-0.3, -0.25) is 9.59 Å². The molecule has 2 aliphatic rings. The van der Waals surface area contributed by atoms with Gasteiger partial charge in [0.25, 0.3) is 0 Å². The van der Waals surface area contributed by atoms with E-state index in [2.05, 4.69) is 0 Å². The summed E-state index contributed by atoms with van der Waals surface area (Å²) >= 11 is 0. The minimum atomic E-state index is -4.51. The van der Waals surface area contributed by atoms with Crippen molar-refractivity contribution in [3.05, 3.63) is 35.4 Å². The average molecular weight is 422 g/mol. The van der Waals surface area contributed by atoms with Gasteiger partial charge in [0.15, 0.2) is 0 Å². The number of rotatable bonds is 3. The first-order chi connectivity index (χ1) is 13.4. The van der Waals surface area contributed by atoms with Gasteiger partial charge >= 0.3 is 12.4 Å². The van der Waals surface area contributed by atoms with Crippen LogP contribution in [0.3, 0.4) is 0 Å². The van der Waals surface area contributed by atoms with Crippen molar-refractivity contribution < 1.29 is 35.9 Å². The molecule has 0 N–H and O–H groups in total. The summed E-state index contributed by atoms with van der Waals surface area (Å²) in [6.07, 6.45) is -8.82. The monoisotopic (exact) mass is 422 g/mol. The van der Waals surface area contributed by atoms with Gasteiger partial charge in [0.2, 0.25) is 11.8 Å². The van der Waals surface area contributed by atoms with E-state index in [4.69, 9.17) is 0 Å². The Labute approximate surface area is 163 Å². The number of hydrogen-bond acceptors (Lipinski definition) is 2. The topological polar surface area (TPSA) is 40.6 Å². The van der Waals surface area contributed by atoms with Crippen LogP contribution in [0.2, 0.25) is 0 Å². The fourth-order valence-corrected chi connectivity index (χ4v) is 3.86. The number of benzene rings is 1. The predicted molar refractivity (Wildman–Crippen MR) is 90.3 cm³/mol. The van der Waals surface area contributed by atoms with E-state index in [9.17, 15) is 35.9 Å². The number of nitrogens with zero attached hydrogens (tertiary/aromatic N) is 2. The van der Waals surface area contributed by atoms with Crippen molar-refractivity contribution >= 4 is 11.8 Å². The van der Waals surface area contributed by atoms with E-state index in [0.29, 0.717) is 0 Å². The highest BCUT2D eigenvalue weighted by atomic mass is 19.4. The van der Waals surface area contributed by atoms with E-state index in [0.717, 1.165) is 17.0 Å². The Kier molecular flexibility index (Phi) is 5.82. The smallest absolute Gasteiger partial charge is 0.342 e. The van der Waals surface area contributed by atoms with Crippen molar-refractivity contribution in [2.45, 2.75) is 38.2 Å². The zero-order valence-electron chi connectivity index (χ0n) is 15.4. The third kappa shape index (κ3) is 5.02. The molecule has 3 rings (SSSR count). The van der Waals surface area contributed by atoms with Crippen molar-refractivity contribution in [3.63, 3.8) is 0 Å². The second-order valence-corrected chi connectivity index (χ2v) is 7.54. The van der Waals surface area contributed by atoms with Crippen LogP contribution in [0.25, 0.3) is 0 Å². The van der Waals surface area contributed by atoms with Crippen LogP contribution in [0.1, 0.15) is 30.4 Å². The fraction of sp³-hybridized carbons (Fsp3) is 0.579. The molecule has 10 heteroatoms. The van der Waals surface area contributed by atoms with Crippen molar-refractivity contribution in [2.75, 3.05) is 19.6 Å². The minimum Gasteiger partial charge on any atom is -0.342 e. The maximum Gasteiger partial charge on any atom is 0.416 e. The molecule has 0 unspecified atom stereocenters. The molecule has 1 aromatic rings. The lowest BCUT2D eigenvalue weighted by molar-refractivity contribution is -0.188. The number of carbonyl (C=O) groups is 2. The molecule has 0 saturated carbocycles. The van der Waals surface area contributed by atoms with Crippen LogP contribution < -0.4 is 0 Å². The lowest BCUT2D eigenvalue weighted by Gasteiger charge is -2.35. The average Bonchev–Trinajstić information content (AvgIpc) is 3.00. The molecule has 0 aliphatic carbocycles. The highest BCUT2D eigenvalue weighted by molar-refractivity contribution is 5.89. The molecule has 2 saturated heterocycles. The molecule has 0 radical (unpaired) electrons. The van der Waals surface area contributed by atoms with Gasteiger partial charge < -0.3 is 9.80 Å². The molecule has 29 heavy (non-hydrogen) atoms. The second-order valence-electron chi connectivity index (χ2n) is 7.54. The van der Waals surface area contributed by atoms with E-state index >= 15 is 0 Å². The standard InChI is InChI=1S/C19H20F6N2O2/c20-18(21,22)14-4-1-3-12(7-14)9-27-10-13(8-16(27)28)17(29)26-6-2-5-15(11-26)19(23,24)25/h1,3-4,7,13,15H,2,5-6,8-11H2/t13-,15+/m1/s1. The zero-order chi connectivity index (χ0) is 21.4. The van der Waals surface area contributed by atoms with Crippen molar-refractivity contribution in [2.24, 2.45) is 11.8 Å². The maximum absolute atomic E-state index is 13.0. The second kappa shape index (κ2) is 7.87. The Hall–Kier alpha value is -2.26. The number of alkyl halides is 6. The number of halogens is 6. The minimum absolute atomic E-state index is 0.0128. The zero-order valence-corrected chi connectivity index (χ0v) is 15.4. The quantitative estimate of drug-likeness (QED) is 0.695. The molecule has 0 spiro atoms. The summed E-state index contributed by atoms with van der Waals surface area (Å²) in [5.74, 6) is -3.25. The van der Waals surface area contributed by atoms with Crippen LogP contribution in [0, 0.1) is 11.8 Å². The normalized spacial score (nSPS) is 23.6. The highest BCUT2D eigenvalue weighted by Crippen LogP contribution is 2.34. The van der Waals surface area contributed by atoms with Gasteiger partial charge in [-0.15, -0.1) is 0 Å². The van der Waals surface area contributed by atoms with Crippen molar-refractivity contribution in [1.29, 1.82) is 0 Å². The molecule has 4 nitrogen and oxygen atoms in total. The first kappa shape index (κ1) is 21.4. The maximum atomic E-state index is 13.0. The lowest BCUT2D eigenvalue weighted by atomic mass is 9.96. The number of piperidine rings is 1. The molecule has 1 aromatic carbocycles. The molecular formula is C19H20F6N2O2. The molecule has 2 amide bonds. The summed E-state index contributed by atoms with van der Waals surface area (Å²) in [7, 11) is 0. The lowest BCUT2D eigenvalue weighted by Crippen LogP contribution is -2.47. The van der Waals surface area contributed by atoms with Crippen LogP contribution in [0.5, 0.6) is 0 Å². The first-order valence-electron chi connectivity index (χ1n) is 9.24. The van der Waals surface area contributed by atoms with Gasteiger partial charge in [-0.1, -0.05) is 12.1 Å². The molecule has 160 valence electrons. The molecule has 2 aliphatic heterocycles. The molecule has 2 fully saturated rings. The van der Waals surface area contributed by atoms with Gasteiger partial charge in [-0.05, 0) is 30.5 Å². The van der Waals surface area contributed by atoms with Crippen molar-refractivity contribution in [1.82, 2.24) is 9.80 Å². The van der Waals surface area contributed by atoms with Crippen LogP contribution in [-0.2, 0) is 22.3 Å². The van der Waals surface area contributed by atoms with E-state index in [-0.39, 0.29) is 44.5 Å². The van der Waals surface area contributed by atoms with Gasteiger partial charge in [0, 0.05) is 32.6 Å². The number of hydrogen-bond donors (Lipinski definition) is 0. The summed E-state index contributed by atoms with van der Waals surface area (Å²) < 4.78 is 77.4. The summed E-state index contributed by atoms with van der Waals surface area (Å²) in [6, 6.07) is 4.57. The third-order valence-electron chi connectivity index (χ3n) is 5.39. The summed E-state index contributed by atoms with van der Waals surface area (Å²) in [5, 5.41) is 0. The Morgan fingerprint density at radius 3 is 2.48 bits per heavy atom. The molecule has 2 atom stereocenters. The fourth-order valence-electron chi connectivity index (χ4n) is 3.86. The van der Waals surface area contributed by atoms with Crippen LogP contribution in [0.15, 0.2) is 24.3 Å². The first-order valence-corrected chi connectivity index (χ1v) is 9.24. The summed E-state index contributed by atoms with van der Waals surface area (Å²) in [4.78, 5) is 27.3. The highest BCUT2D eigenvalue weighted by Gasteiger charge is 2.44. The van der Waals surface area contributed by atoms with Gasteiger partial charge in [0.05, 0.1) is 17.4 Å². The van der Waals surface area contributed by atoms with Gasteiger partial charge in [-0.2, -0.15) is 26.3 Å². The van der Waals surface area contributed by atoms with E-state index in [1.807, 2.05) is 0 Å². The van der Waals surface area contributed by atoms with Gasteiger partial charge in [0.1, 0.15) is 0 Å². The van der Waals surface area contributed by atoms with E-state index < -0.39 is 48.1 Å². The molecule has 0 bridgehead atoms. The Morgan fingerprint density at radius 2 is 1.83 bits per heavy atom.